The molecule has 156 valence electrons. The fourth-order valence-corrected chi connectivity index (χ4v) is 4.20. The molecular weight excluding hydrogens is 395 g/mol. The number of benzene rings is 1. The Bertz CT molecular complexity index is 651. The van der Waals surface area contributed by atoms with Crippen LogP contribution in [-0.2, 0) is 16.0 Å². The topological polar surface area (TPSA) is 49.4 Å². The molecule has 1 N–H and O–H groups in total. The van der Waals surface area contributed by atoms with Gasteiger partial charge in [0.1, 0.15) is 6.04 Å². The molecule has 1 aromatic rings. The normalized spacial score (nSPS) is 16.4. The Morgan fingerprint density at radius 2 is 1.89 bits per heavy atom. The van der Waals surface area contributed by atoms with E-state index in [1.807, 2.05) is 6.07 Å². The molecule has 1 aromatic carbocycles. The van der Waals surface area contributed by atoms with Crippen molar-refractivity contribution in [3.8, 4) is 0 Å². The highest BCUT2D eigenvalue weighted by Gasteiger charge is 2.33. The van der Waals surface area contributed by atoms with Gasteiger partial charge in [-0.1, -0.05) is 68.3 Å². The number of hydrogen-bond acceptors (Lipinski definition) is 2. The van der Waals surface area contributed by atoms with E-state index in [1.165, 1.54) is 25.7 Å². The summed E-state index contributed by atoms with van der Waals surface area (Å²) in [5, 5.41) is 4.18. The summed E-state index contributed by atoms with van der Waals surface area (Å²) in [6.45, 7) is 3.39. The summed E-state index contributed by atoms with van der Waals surface area (Å²) in [7, 11) is 0. The van der Waals surface area contributed by atoms with Gasteiger partial charge in [-0.15, -0.1) is 0 Å². The average Bonchev–Trinajstić information content (AvgIpc) is 3.16. The summed E-state index contributed by atoms with van der Waals surface area (Å²) in [4.78, 5) is 26.9. The Labute approximate surface area is 179 Å². The van der Waals surface area contributed by atoms with Crippen molar-refractivity contribution < 1.29 is 9.59 Å². The van der Waals surface area contributed by atoms with Gasteiger partial charge in [0.05, 0.1) is 0 Å². The van der Waals surface area contributed by atoms with Crippen LogP contribution in [0.1, 0.15) is 70.3 Å². The first-order valence-electron chi connectivity index (χ1n) is 10.5. The van der Waals surface area contributed by atoms with Gasteiger partial charge in [0, 0.05) is 29.6 Å². The molecule has 2 amide bonds. The minimum atomic E-state index is -0.326. The molecule has 1 unspecified atom stereocenters. The van der Waals surface area contributed by atoms with Gasteiger partial charge in [-0.05, 0) is 43.4 Å². The first kappa shape index (κ1) is 23.0. The molecule has 0 bridgehead atoms. The Hall–Kier alpha value is -1.26. The lowest BCUT2D eigenvalue weighted by Crippen LogP contribution is -2.46. The summed E-state index contributed by atoms with van der Waals surface area (Å²) in [6.07, 6.45) is 9.78. The lowest BCUT2D eigenvalue weighted by atomic mass is 10.1. The van der Waals surface area contributed by atoms with Crippen molar-refractivity contribution in [2.24, 2.45) is 0 Å². The van der Waals surface area contributed by atoms with Crippen LogP contribution in [0.3, 0.4) is 0 Å². The molecule has 0 aromatic heterocycles. The number of carbonyl (C=O) groups is 2. The molecule has 1 atom stereocenters. The molecule has 0 radical (unpaired) electrons. The van der Waals surface area contributed by atoms with Crippen LogP contribution in [0.5, 0.6) is 0 Å². The Morgan fingerprint density at radius 1 is 1.14 bits per heavy atom. The number of amides is 2. The largest absolute Gasteiger partial charge is 0.354 e. The third-order valence-electron chi connectivity index (χ3n) is 5.33. The Kier molecular flexibility index (Phi) is 10.1. The van der Waals surface area contributed by atoms with E-state index >= 15 is 0 Å². The molecule has 28 heavy (non-hydrogen) atoms. The van der Waals surface area contributed by atoms with Crippen molar-refractivity contribution in [2.75, 3.05) is 13.1 Å². The van der Waals surface area contributed by atoms with Crippen molar-refractivity contribution >= 4 is 35.0 Å². The van der Waals surface area contributed by atoms with Crippen LogP contribution in [0.25, 0.3) is 0 Å². The highest BCUT2D eigenvalue weighted by atomic mass is 35.5. The first-order valence-corrected chi connectivity index (χ1v) is 11.3. The van der Waals surface area contributed by atoms with E-state index in [1.54, 1.807) is 17.0 Å². The second-order valence-corrected chi connectivity index (χ2v) is 8.38. The average molecular weight is 427 g/mol. The zero-order valence-corrected chi connectivity index (χ0v) is 18.3. The number of halogens is 2. The maximum absolute atomic E-state index is 12.6. The Balaban J connectivity index is 1.73. The van der Waals surface area contributed by atoms with Gasteiger partial charge in [0.2, 0.25) is 11.8 Å². The van der Waals surface area contributed by atoms with E-state index in [4.69, 9.17) is 23.2 Å². The summed E-state index contributed by atoms with van der Waals surface area (Å²) < 4.78 is 0. The molecule has 6 heteroatoms. The van der Waals surface area contributed by atoms with Gasteiger partial charge in [-0.25, -0.2) is 0 Å². The predicted molar refractivity (Wildman–Crippen MR) is 116 cm³/mol. The van der Waals surface area contributed by atoms with Gasteiger partial charge in [-0.3, -0.25) is 9.59 Å². The second-order valence-electron chi connectivity index (χ2n) is 7.54. The fraction of sp³-hybridized carbons (Fsp3) is 0.636. The quantitative estimate of drug-likeness (QED) is 0.481. The molecule has 2 rings (SSSR count). The molecule has 4 nitrogen and oxygen atoms in total. The van der Waals surface area contributed by atoms with E-state index in [0.29, 0.717) is 36.0 Å². The van der Waals surface area contributed by atoms with Crippen LogP contribution in [-0.4, -0.2) is 35.8 Å². The number of nitrogens with one attached hydrogen (secondary N) is 1. The summed E-state index contributed by atoms with van der Waals surface area (Å²) in [5.41, 5.74) is 0.953. The molecule has 1 aliphatic rings. The Morgan fingerprint density at radius 3 is 2.64 bits per heavy atom. The van der Waals surface area contributed by atoms with E-state index in [9.17, 15) is 9.59 Å². The number of rotatable bonds is 11. The van der Waals surface area contributed by atoms with Crippen LogP contribution in [0.15, 0.2) is 18.2 Å². The number of carbonyl (C=O) groups excluding carboxylic acids is 2. The standard InChI is InChI=1S/C22H32Cl2N2O2/c1-2-3-4-5-6-7-10-21(27)26-15-8-9-20(26)22(28)25-14-13-17-11-12-18(23)16-19(17)24/h11-12,16,20H,2-10,13-15H2,1H3,(H,25,28). The van der Waals surface area contributed by atoms with Crippen LogP contribution in [0.4, 0.5) is 0 Å². The molecule has 1 fully saturated rings. The molecule has 1 aliphatic heterocycles. The van der Waals surface area contributed by atoms with E-state index in [2.05, 4.69) is 12.2 Å². The van der Waals surface area contributed by atoms with Crippen molar-refractivity contribution in [3.63, 3.8) is 0 Å². The minimum Gasteiger partial charge on any atom is -0.354 e. The first-order chi connectivity index (χ1) is 13.5. The highest BCUT2D eigenvalue weighted by molar-refractivity contribution is 6.35. The number of unbranched alkanes of at least 4 members (excludes halogenated alkanes) is 5. The molecule has 0 spiro atoms. The summed E-state index contributed by atoms with van der Waals surface area (Å²) in [6, 6.07) is 5.06. The van der Waals surface area contributed by atoms with Gasteiger partial charge < -0.3 is 10.2 Å². The van der Waals surface area contributed by atoms with Crippen molar-refractivity contribution in [3.05, 3.63) is 33.8 Å². The van der Waals surface area contributed by atoms with Gasteiger partial charge in [-0.2, -0.15) is 0 Å². The zero-order chi connectivity index (χ0) is 20.4. The number of nitrogens with zero attached hydrogens (tertiary/aromatic N) is 1. The van der Waals surface area contributed by atoms with Crippen LogP contribution >= 0.6 is 23.2 Å². The van der Waals surface area contributed by atoms with Crippen molar-refractivity contribution in [1.82, 2.24) is 10.2 Å². The maximum Gasteiger partial charge on any atom is 0.242 e. The summed E-state index contributed by atoms with van der Waals surface area (Å²) >= 11 is 12.1. The van der Waals surface area contributed by atoms with Gasteiger partial charge >= 0.3 is 0 Å². The molecule has 0 saturated carbocycles. The molecule has 1 heterocycles. The second kappa shape index (κ2) is 12.3. The van der Waals surface area contributed by atoms with E-state index in [0.717, 1.165) is 31.2 Å². The lowest BCUT2D eigenvalue weighted by Gasteiger charge is -2.24. The van der Waals surface area contributed by atoms with E-state index in [-0.39, 0.29) is 17.9 Å². The third-order valence-corrected chi connectivity index (χ3v) is 5.92. The molecular formula is C22H32Cl2N2O2. The van der Waals surface area contributed by atoms with Gasteiger partial charge in [0.25, 0.3) is 0 Å². The monoisotopic (exact) mass is 426 g/mol. The SMILES string of the molecule is CCCCCCCCC(=O)N1CCCC1C(=O)NCCc1ccc(Cl)cc1Cl. The molecule has 0 aliphatic carbocycles. The summed E-state index contributed by atoms with van der Waals surface area (Å²) in [5.74, 6) is 0.0627. The smallest absolute Gasteiger partial charge is 0.242 e. The number of likely N-dealkylation sites (tertiary alicyclic amines) is 1. The van der Waals surface area contributed by atoms with Crippen LogP contribution in [0.2, 0.25) is 10.0 Å². The third kappa shape index (κ3) is 7.29. The molecule has 1 saturated heterocycles. The van der Waals surface area contributed by atoms with Crippen LogP contribution < -0.4 is 5.32 Å². The fourth-order valence-electron chi connectivity index (χ4n) is 3.70. The predicted octanol–water partition coefficient (Wildman–Crippen LogP) is 5.39. The van der Waals surface area contributed by atoms with Crippen molar-refractivity contribution in [2.45, 2.75) is 77.2 Å². The lowest BCUT2D eigenvalue weighted by molar-refractivity contribution is -0.138. The highest BCUT2D eigenvalue weighted by Crippen LogP contribution is 2.22. The van der Waals surface area contributed by atoms with Crippen molar-refractivity contribution in [1.29, 1.82) is 0 Å². The van der Waals surface area contributed by atoms with E-state index < -0.39 is 0 Å². The maximum atomic E-state index is 12.6. The minimum absolute atomic E-state index is 0.0566. The zero-order valence-electron chi connectivity index (χ0n) is 16.8. The van der Waals surface area contributed by atoms with Gasteiger partial charge in [0.15, 0.2) is 0 Å². The van der Waals surface area contributed by atoms with Crippen LogP contribution in [0, 0.1) is 0 Å². The number of hydrogen-bond donors (Lipinski definition) is 1.